The molecule has 0 saturated heterocycles. The summed E-state index contributed by atoms with van der Waals surface area (Å²) in [6.07, 6.45) is 0. The molecular weight excluding hydrogens is 362 g/mol. The van der Waals surface area contributed by atoms with Gasteiger partial charge < -0.3 is 20.1 Å². The molecule has 2 atom stereocenters. The highest BCUT2D eigenvalue weighted by atomic mass is 35.5. The summed E-state index contributed by atoms with van der Waals surface area (Å²) in [4.78, 5) is 4.66. The Morgan fingerprint density at radius 1 is 1.19 bits per heavy atom. The Morgan fingerprint density at radius 2 is 1.89 bits per heavy atom. The lowest BCUT2D eigenvalue weighted by molar-refractivity contribution is 0.150. The van der Waals surface area contributed by atoms with Crippen LogP contribution in [0.4, 0.5) is 0 Å². The molecule has 0 radical (unpaired) electrons. The van der Waals surface area contributed by atoms with Crippen molar-refractivity contribution in [3.63, 3.8) is 0 Å². The standard InChI is InChI=1S/C21H28ClN3O2/c1-24(2)19(14-5-7-16(22)8-6-14)13-25-12-15-9-17(26-3)10-20(27-4)21(15)18(25)11-23/h5-10,18-19H,11-13,23H2,1-4H3. The number of rotatable bonds is 7. The molecule has 1 aliphatic rings. The molecule has 6 heteroatoms. The van der Waals surface area contributed by atoms with Gasteiger partial charge in [0.05, 0.1) is 20.3 Å². The average Bonchev–Trinajstić information content (AvgIpc) is 3.03. The van der Waals surface area contributed by atoms with Gasteiger partial charge >= 0.3 is 0 Å². The van der Waals surface area contributed by atoms with Crippen molar-refractivity contribution in [3.05, 3.63) is 58.1 Å². The van der Waals surface area contributed by atoms with E-state index in [1.165, 1.54) is 16.7 Å². The van der Waals surface area contributed by atoms with Gasteiger partial charge in [-0.1, -0.05) is 23.7 Å². The largest absolute Gasteiger partial charge is 0.497 e. The first-order valence-electron chi connectivity index (χ1n) is 9.09. The van der Waals surface area contributed by atoms with Gasteiger partial charge in [0.25, 0.3) is 0 Å². The third-order valence-corrected chi connectivity index (χ3v) is 5.57. The smallest absolute Gasteiger partial charge is 0.127 e. The van der Waals surface area contributed by atoms with E-state index in [1.807, 2.05) is 18.2 Å². The number of ether oxygens (including phenoxy) is 2. The number of fused-ring (bicyclic) bond motifs is 1. The van der Waals surface area contributed by atoms with Gasteiger partial charge in [-0.15, -0.1) is 0 Å². The van der Waals surface area contributed by atoms with E-state index in [0.717, 1.165) is 29.6 Å². The van der Waals surface area contributed by atoms with Gasteiger partial charge in [-0.25, -0.2) is 0 Å². The first kappa shape index (κ1) is 20.0. The molecule has 0 aromatic heterocycles. The zero-order valence-electron chi connectivity index (χ0n) is 16.4. The summed E-state index contributed by atoms with van der Waals surface area (Å²) < 4.78 is 11.1. The van der Waals surface area contributed by atoms with E-state index in [-0.39, 0.29) is 12.1 Å². The van der Waals surface area contributed by atoms with Crippen molar-refractivity contribution in [2.45, 2.75) is 18.6 Å². The Labute approximate surface area is 166 Å². The highest BCUT2D eigenvalue weighted by Crippen LogP contribution is 2.42. The quantitative estimate of drug-likeness (QED) is 0.785. The molecule has 5 nitrogen and oxygen atoms in total. The summed E-state index contributed by atoms with van der Waals surface area (Å²) in [6, 6.07) is 12.5. The summed E-state index contributed by atoms with van der Waals surface area (Å²) >= 11 is 6.07. The number of nitrogens with two attached hydrogens (primary N) is 1. The van der Waals surface area contributed by atoms with E-state index >= 15 is 0 Å². The molecule has 2 unspecified atom stereocenters. The number of nitrogens with zero attached hydrogens (tertiary/aromatic N) is 2. The van der Waals surface area contributed by atoms with Crippen LogP contribution in [0.3, 0.4) is 0 Å². The van der Waals surface area contributed by atoms with E-state index < -0.39 is 0 Å². The first-order chi connectivity index (χ1) is 13.0. The van der Waals surface area contributed by atoms with Gasteiger partial charge in [0.2, 0.25) is 0 Å². The van der Waals surface area contributed by atoms with Crippen molar-refractivity contribution >= 4 is 11.6 Å². The minimum atomic E-state index is 0.121. The maximum absolute atomic E-state index is 6.18. The Bertz CT molecular complexity index is 780. The molecule has 0 fully saturated rings. The molecule has 1 heterocycles. The van der Waals surface area contributed by atoms with Gasteiger partial charge in [0, 0.05) is 42.3 Å². The van der Waals surface area contributed by atoms with Crippen molar-refractivity contribution in [3.8, 4) is 11.5 Å². The molecule has 27 heavy (non-hydrogen) atoms. The fourth-order valence-electron chi connectivity index (χ4n) is 3.90. The van der Waals surface area contributed by atoms with Crippen LogP contribution in [0.1, 0.15) is 28.8 Å². The zero-order chi connectivity index (χ0) is 19.6. The molecular formula is C21H28ClN3O2. The number of hydrogen-bond acceptors (Lipinski definition) is 5. The van der Waals surface area contributed by atoms with Crippen molar-refractivity contribution < 1.29 is 9.47 Å². The molecule has 3 rings (SSSR count). The molecule has 0 saturated carbocycles. The first-order valence-corrected chi connectivity index (χ1v) is 9.47. The predicted molar refractivity (Wildman–Crippen MR) is 110 cm³/mol. The molecule has 0 spiro atoms. The Balaban J connectivity index is 1.90. The third-order valence-electron chi connectivity index (χ3n) is 5.31. The summed E-state index contributed by atoms with van der Waals surface area (Å²) in [7, 11) is 7.58. The van der Waals surface area contributed by atoms with Gasteiger partial charge in [-0.2, -0.15) is 0 Å². The van der Waals surface area contributed by atoms with E-state index in [9.17, 15) is 0 Å². The van der Waals surface area contributed by atoms with E-state index in [2.05, 4.69) is 42.1 Å². The predicted octanol–water partition coefficient (Wildman–Crippen LogP) is 3.48. The van der Waals surface area contributed by atoms with Crippen LogP contribution in [0.5, 0.6) is 11.5 Å². The van der Waals surface area contributed by atoms with Crippen LogP contribution in [0.25, 0.3) is 0 Å². The lowest BCUT2D eigenvalue weighted by Crippen LogP contribution is -2.36. The molecule has 146 valence electrons. The number of halogens is 1. The molecule has 2 aromatic carbocycles. The third kappa shape index (κ3) is 4.06. The van der Waals surface area contributed by atoms with Crippen LogP contribution in [-0.2, 0) is 6.54 Å². The number of hydrogen-bond donors (Lipinski definition) is 1. The Hall–Kier alpha value is -1.79. The summed E-state index contributed by atoms with van der Waals surface area (Å²) in [6.45, 7) is 2.22. The maximum Gasteiger partial charge on any atom is 0.127 e. The molecule has 2 aromatic rings. The van der Waals surface area contributed by atoms with Crippen molar-refractivity contribution in [2.75, 3.05) is 41.4 Å². The minimum Gasteiger partial charge on any atom is -0.497 e. The second kappa shape index (κ2) is 8.48. The average molecular weight is 390 g/mol. The van der Waals surface area contributed by atoms with Crippen LogP contribution >= 0.6 is 11.6 Å². The molecule has 2 N–H and O–H groups in total. The van der Waals surface area contributed by atoms with Crippen LogP contribution in [0.15, 0.2) is 36.4 Å². The van der Waals surface area contributed by atoms with Crippen molar-refractivity contribution in [2.24, 2.45) is 5.73 Å². The van der Waals surface area contributed by atoms with Crippen LogP contribution in [-0.4, -0.2) is 51.2 Å². The number of likely N-dealkylation sites (N-methyl/N-ethyl adjacent to an activating group) is 1. The number of benzene rings is 2. The number of methoxy groups -OCH3 is 2. The summed E-state index contributed by atoms with van der Waals surface area (Å²) in [5, 5.41) is 0.751. The lowest BCUT2D eigenvalue weighted by atomic mass is 10.0. The van der Waals surface area contributed by atoms with Crippen molar-refractivity contribution in [1.29, 1.82) is 0 Å². The molecule has 0 aliphatic carbocycles. The van der Waals surface area contributed by atoms with E-state index in [1.54, 1.807) is 14.2 Å². The van der Waals surface area contributed by atoms with E-state index in [0.29, 0.717) is 6.54 Å². The van der Waals surface area contributed by atoms with Gasteiger partial charge in [-0.05, 0) is 43.4 Å². The van der Waals surface area contributed by atoms with Crippen LogP contribution < -0.4 is 15.2 Å². The highest BCUT2D eigenvalue weighted by Gasteiger charge is 2.34. The normalized spacial score (nSPS) is 17.8. The SMILES string of the molecule is COc1cc2c(c(OC)c1)C(CN)N(CC(c1ccc(Cl)cc1)N(C)C)C2. The monoisotopic (exact) mass is 389 g/mol. The highest BCUT2D eigenvalue weighted by molar-refractivity contribution is 6.30. The Kier molecular flexibility index (Phi) is 6.27. The van der Waals surface area contributed by atoms with Crippen molar-refractivity contribution in [1.82, 2.24) is 9.80 Å². The molecule has 0 amide bonds. The minimum absolute atomic E-state index is 0.121. The van der Waals surface area contributed by atoms with Gasteiger partial charge in [-0.3, -0.25) is 4.90 Å². The summed E-state index contributed by atoms with van der Waals surface area (Å²) in [5.74, 6) is 1.65. The zero-order valence-corrected chi connectivity index (χ0v) is 17.2. The second-order valence-electron chi connectivity index (χ2n) is 7.11. The topological polar surface area (TPSA) is 51.0 Å². The summed E-state index contributed by atoms with van der Waals surface area (Å²) in [5.41, 5.74) is 9.81. The lowest BCUT2D eigenvalue weighted by Gasteiger charge is -2.32. The maximum atomic E-state index is 6.18. The molecule has 0 bridgehead atoms. The van der Waals surface area contributed by atoms with Gasteiger partial charge in [0.15, 0.2) is 0 Å². The van der Waals surface area contributed by atoms with Crippen LogP contribution in [0, 0.1) is 0 Å². The second-order valence-corrected chi connectivity index (χ2v) is 7.55. The Morgan fingerprint density at radius 3 is 2.44 bits per heavy atom. The van der Waals surface area contributed by atoms with Gasteiger partial charge in [0.1, 0.15) is 11.5 Å². The van der Waals surface area contributed by atoms with Crippen LogP contribution in [0.2, 0.25) is 5.02 Å². The fourth-order valence-corrected chi connectivity index (χ4v) is 4.02. The fraction of sp³-hybridized carbons (Fsp3) is 0.429. The molecule has 1 aliphatic heterocycles. The van der Waals surface area contributed by atoms with E-state index in [4.69, 9.17) is 26.8 Å².